The van der Waals surface area contributed by atoms with Crippen molar-refractivity contribution < 1.29 is 4.79 Å². The van der Waals surface area contributed by atoms with Gasteiger partial charge in [-0.05, 0) is 37.1 Å². The molecule has 4 rings (SSSR count). The maximum atomic E-state index is 12.4. The number of benzene rings is 1. The van der Waals surface area contributed by atoms with E-state index in [0.29, 0.717) is 29.2 Å². The van der Waals surface area contributed by atoms with E-state index >= 15 is 0 Å². The molecule has 0 spiro atoms. The molecule has 152 valence electrons. The maximum absolute atomic E-state index is 12.4. The minimum atomic E-state index is -0.347. The van der Waals surface area contributed by atoms with Crippen molar-refractivity contribution >= 4 is 28.9 Å². The van der Waals surface area contributed by atoms with E-state index in [1.54, 1.807) is 18.3 Å². The molecule has 0 saturated carbocycles. The lowest BCUT2D eigenvalue weighted by Crippen LogP contribution is -2.45. The molecule has 2 amide bonds. The highest BCUT2D eigenvalue weighted by molar-refractivity contribution is 6.13. The molecule has 0 fully saturated rings. The second-order valence-corrected chi connectivity index (χ2v) is 7.26. The lowest BCUT2D eigenvalue weighted by Gasteiger charge is -2.26. The van der Waals surface area contributed by atoms with Crippen LogP contribution in [0.5, 0.6) is 0 Å². The van der Waals surface area contributed by atoms with Crippen LogP contribution in [0.2, 0.25) is 0 Å². The van der Waals surface area contributed by atoms with Crippen LogP contribution in [0.15, 0.2) is 54.9 Å². The Balaban J connectivity index is 1.40. The number of pyridine rings is 2. The number of amides is 2. The summed E-state index contributed by atoms with van der Waals surface area (Å²) in [5.74, 6) is 0.330. The number of nitrogens with one attached hydrogen (secondary N) is 4. The fourth-order valence-corrected chi connectivity index (χ4v) is 3.49. The summed E-state index contributed by atoms with van der Waals surface area (Å²) in [5.41, 5.74) is 11.1. The summed E-state index contributed by atoms with van der Waals surface area (Å²) in [4.78, 5) is 20.8. The van der Waals surface area contributed by atoms with Gasteiger partial charge in [-0.15, -0.1) is 0 Å². The molecule has 1 aliphatic rings. The zero-order chi connectivity index (χ0) is 21.1. The minimum absolute atomic E-state index is 0.0281. The van der Waals surface area contributed by atoms with Crippen molar-refractivity contribution in [2.45, 2.75) is 19.4 Å². The zero-order valence-corrected chi connectivity index (χ0v) is 16.6. The zero-order valence-electron chi connectivity index (χ0n) is 16.6. The summed E-state index contributed by atoms with van der Waals surface area (Å²) in [6.07, 6.45) is 3.91. The largest absolute Gasteiger partial charge is 0.398 e. The van der Waals surface area contributed by atoms with Crippen LogP contribution in [0.4, 0.5) is 22.0 Å². The molecule has 1 unspecified atom stereocenters. The number of aromatic nitrogens is 2. The quantitative estimate of drug-likeness (QED) is 0.429. The number of urea groups is 1. The van der Waals surface area contributed by atoms with Gasteiger partial charge in [0.1, 0.15) is 5.82 Å². The molecular formula is C22H23N7O. The Hall–Kier alpha value is -3.94. The Kier molecular flexibility index (Phi) is 5.30. The molecule has 8 heteroatoms. The third kappa shape index (κ3) is 4.22. The van der Waals surface area contributed by atoms with Crippen LogP contribution in [0.1, 0.15) is 22.4 Å². The number of nitrogen functional groups attached to an aromatic ring is 1. The van der Waals surface area contributed by atoms with E-state index in [9.17, 15) is 4.79 Å². The Morgan fingerprint density at radius 2 is 2.07 bits per heavy atom. The van der Waals surface area contributed by atoms with Gasteiger partial charge in [-0.2, -0.15) is 0 Å². The van der Waals surface area contributed by atoms with E-state index in [4.69, 9.17) is 11.1 Å². The van der Waals surface area contributed by atoms with Crippen LogP contribution in [-0.2, 0) is 6.42 Å². The summed E-state index contributed by atoms with van der Waals surface area (Å²) < 4.78 is 0. The molecule has 3 heterocycles. The average Bonchev–Trinajstić information content (AvgIpc) is 2.73. The third-order valence-corrected chi connectivity index (χ3v) is 4.99. The summed E-state index contributed by atoms with van der Waals surface area (Å²) >= 11 is 0. The molecule has 0 saturated heterocycles. The summed E-state index contributed by atoms with van der Waals surface area (Å²) in [6.45, 7) is 2.52. The first-order chi connectivity index (χ1) is 14.5. The summed E-state index contributed by atoms with van der Waals surface area (Å²) in [6, 6.07) is 12.8. The number of aryl methyl sites for hydroxylation is 1. The molecule has 3 aromatic rings. The minimum Gasteiger partial charge on any atom is -0.398 e. The Morgan fingerprint density at radius 3 is 2.87 bits per heavy atom. The molecule has 0 aliphatic carbocycles. The highest BCUT2D eigenvalue weighted by Crippen LogP contribution is 2.22. The standard InChI is InChI=1S/C22H23N7O/c1-13-8-15(6-7-25-13)21(24)17-12-27-20(10-18(17)23)29-22(30)28-16-9-14-4-2-3-5-19(14)26-11-16/h2-8,10,12,16,24,26H,9,11H2,1H3,(H4,23,27,28,29,30). The van der Waals surface area contributed by atoms with Crippen LogP contribution in [0.3, 0.4) is 0 Å². The van der Waals surface area contributed by atoms with Crippen molar-refractivity contribution in [2.75, 3.05) is 22.9 Å². The van der Waals surface area contributed by atoms with Crippen molar-refractivity contribution in [2.24, 2.45) is 0 Å². The number of nitrogens with zero attached hydrogens (tertiary/aromatic N) is 2. The van der Waals surface area contributed by atoms with Gasteiger partial charge in [-0.3, -0.25) is 15.7 Å². The highest BCUT2D eigenvalue weighted by atomic mass is 16.2. The van der Waals surface area contributed by atoms with Gasteiger partial charge >= 0.3 is 6.03 Å². The molecule has 30 heavy (non-hydrogen) atoms. The number of hydrogen-bond acceptors (Lipinski definition) is 6. The summed E-state index contributed by atoms with van der Waals surface area (Å²) in [5, 5.41) is 17.4. The van der Waals surface area contributed by atoms with Gasteiger partial charge in [-0.25, -0.2) is 9.78 Å². The predicted molar refractivity (Wildman–Crippen MR) is 118 cm³/mol. The number of fused-ring (bicyclic) bond motifs is 1. The average molecular weight is 401 g/mol. The number of anilines is 3. The monoisotopic (exact) mass is 401 g/mol. The van der Waals surface area contributed by atoms with Crippen LogP contribution in [0, 0.1) is 12.3 Å². The number of para-hydroxylation sites is 1. The normalized spacial score (nSPS) is 14.9. The van der Waals surface area contributed by atoms with E-state index in [1.807, 2.05) is 37.3 Å². The van der Waals surface area contributed by atoms with Crippen molar-refractivity contribution in [1.82, 2.24) is 15.3 Å². The van der Waals surface area contributed by atoms with Gasteiger partial charge in [0.05, 0.1) is 11.8 Å². The summed E-state index contributed by atoms with van der Waals surface area (Å²) in [7, 11) is 0. The molecule has 0 radical (unpaired) electrons. The van der Waals surface area contributed by atoms with Crippen molar-refractivity contribution in [3.63, 3.8) is 0 Å². The van der Waals surface area contributed by atoms with Crippen LogP contribution in [-0.4, -0.2) is 34.3 Å². The first-order valence-electron chi connectivity index (χ1n) is 9.66. The smallest absolute Gasteiger partial charge is 0.320 e. The molecule has 0 bridgehead atoms. The molecule has 6 N–H and O–H groups in total. The highest BCUT2D eigenvalue weighted by Gasteiger charge is 2.20. The fraction of sp³-hybridized carbons (Fsp3) is 0.182. The number of rotatable bonds is 4. The van der Waals surface area contributed by atoms with Gasteiger partial charge in [0.2, 0.25) is 0 Å². The van der Waals surface area contributed by atoms with Crippen LogP contribution in [0.25, 0.3) is 0 Å². The molecule has 1 atom stereocenters. The SMILES string of the molecule is Cc1cc(C(=N)c2cnc(NC(=O)NC3CNc4ccccc4C3)cc2N)ccn1. The van der Waals surface area contributed by atoms with Crippen molar-refractivity contribution in [3.05, 3.63) is 77.2 Å². The maximum Gasteiger partial charge on any atom is 0.320 e. The van der Waals surface area contributed by atoms with E-state index in [2.05, 4.69) is 25.9 Å². The van der Waals surface area contributed by atoms with Crippen molar-refractivity contribution in [1.29, 1.82) is 5.41 Å². The first-order valence-corrected chi connectivity index (χ1v) is 9.66. The van der Waals surface area contributed by atoms with Gasteiger partial charge in [0, 0.05) is 53.2 Å². The number of carbonyl (C=O) groups is 1. The van der Waals surface area contributed by atoms with E-state index in [-0.39, 0.29) is 17.8 Å². The molecular weight excluding hydrogens is 378 g/mol. The molecule has 1 aromatic carbocycles. The van der Waals surface area contributed by atoms with E-state index in [1.165, 1.54) is 11.8 Å². The number of hydrogen-bond donors (Lipinski definition) is 5. The molecule has 1 aliphatic heterocycles. The van der Waals surface area contributed by atoms with Gasteiger partial charge < -0.3 is 16.4 Å². The number of nitrogens with two attached hydrogens (primary N) is 1. The predicted octanol–water partition coefficient (Wildman–Crippen LogP) is 2.94. The van der Waals surface area contributed by atoms with Crippen LogP contribution < -0.4 is 21.7 Å². The first kappa shape index (κ1) is 19.4. The third-order valence-electron chi connectivity index (χ3n) is 4.99. The molecule has 8 nitrogen and oxygen atoms in total. The van der Waals surface area contributed by atoms with Gasteiger partial charge in [0.15, 0.2) is 0 Å². The van der Waals surface area contributed by atoms with Crippen molar-refractivity contribution in [3.8, 4) is 0 Å². The van der Waals surface area contributed by atoms with E-state index in [0.717, 1.165) is 17.8 Å². The Morgan fingerprint density at radius 1 is 1.23 bits per heavy atom. The second-order valence-electron chi connectivity index (χ2n) is 7.26. The fourth-order valence-electron chi connectivity index (χ4n) is 3.49. The van der Waals surface area contributed by atoms with E-state index < -0.39 is 0 Å². The van der Waals surface area contributed by atoms with Gasteiger partial charge in [-0.1, -0.05) is 18.2 Å². The Bertz CT molecular complexity index is 1110. The Labute approximate surface area is 174 Å². The topological polar surface area (TPSA) is 129 Å². The lowest BCUT2D eigenvalue weighted by molar-refractivity contribution is 0.248. The lowest BCUT2D eigenvalue weighted by atomic mass is 10.00. The van der Waals surface area contributed by atoms with Gasteiger partial charge in [0.25, 0.3) is 0 Å². The van der Waals surface area contributed by atoms with Crippen LogP contribution >= 0.6 is 0 Å². The second kappa shape index (κ2) is 8.20. The molecule has 2 aromatic heterocycles. The number of carbonyl (C=O) groups excluding carboxylic acids is 1.